The fourth-order valence-corrected chi connectivity index (χ4v) is 3.65. The first-order valence-corrected chi connectivity index (χ1v) is 12.3. The Balaban J connectivity index is 3.43. The van der Waals surface area contributed by atoms with E-state index in [0.717, 1.165) is 36.0 Å². The minimum absolute atomic E-state index is 0.240. The van der Waals surface area contributed by atoms with E-state index in [0.29, 0.717) is 6.54 Å². The number of carbonyl (C=O) groups excluding carboxylic acids is 3. The van der Waals surface area contributed by atoms with Crippen LogP contribution in [-0.2, 0) is 14.3 Å². The third-order valence-corrected chi connectivity index (χ3v) is 5.39. The summed E-state index contributed by atoms with van der Waals surface area (Å²) < 4.78 is 5.33. The van der Waals surface area contributed by atoms with Crippen LogP contribution < -0.4 is 10.6 Å². The topological polar surface area (TPSA) is 87.7 Å². The first-order chi connectivity index (χ1) is 15.6. The molecule has 1 aromatic carbocycles. The molecule has 0 radical (unpaired) electrons. The van der Waals surface area contributed by atoms with Crippen LogP contribution in [0.25, 0.3) is 0 Å². The number of amides is 3. The highest BCUT2D eigenvalue weighted by atomic mass is 16.6. The van der Waals surface area contributed by atoms with E-state index < -0.39 is 29.3 Å². The van der Waals surface area contributed by atoms with E-state index in [9.17, 15) is 14.4 Å². The number of nitrogens with zero attached hydrogens (tertiary/aromatic N) is 1. The molecule has 192 valence electrons. The third-order valence-electron chi connectivity index (χ3n) is 5.39. The molecule has 0 heterocycles. The number of ether oxygens (including phenoxy) is 1. The molecule has 0 aliphatic heterocycles. The Morgan fingerprint density at radius 2 is 1.65 bits per heavy atom. The Bertz CT molecular complexity index is 852. The average molecular weight is 476 g/mol. The SMILES string of the molecule is CCCCCN(C(=O)C(C)NC(=O)OC(C)(C)C)C(C(=O)NC(C)(C)C)c1cccc(C)c1C. The average Bonchev–Trinajstić information content (AvgIpc) is 2.66. The summed E-state index contributed by atoms with van der Waals surface area (Å²) in [4.78, 5) is 41.3. The summed E-state index contributed by atoms with van der Waals surface area (Å²) in [5.74, 6) is -0.563. The summed E-state index contributed by atoms with van der Waals surface area (Å²) in [6.07, 6.45) is 2.00. The fraction of sp³-hybridized carbons (Fsp3) is 0.667. The first-order valence-electron chi connectivity index (χ1n) is 12.3. The summed E-state index contributed by atoms with van der Waals surface area (Å²) in [6, 6.07) is 4.14. The second-order valence-electron chi connectivity index (χ2n) is 11.0. The number of unbranched alkanes of at least 4 members (excludes halogenated alkanes) is 2. The molecule has 0 saturated carbocycles. The van der Waals surface area contributed by atoms with Gasteiger partial charge in [0.05, 0.1) is 0 Å². The van der Waals surface area contributed by atoms with Crippen molar-refractivity contribution in [1.29, 1.82) is 0 Å². The van der Waals surface area contributed by atoms with Gasteiger partial charge in [-0.25, -0.2) is 4.79 Å². The van der Waals surface area contributed by atoms with E-state index in [-0.39, 0.29) is 11.8 Å². The Morgan fingerprint density at radius 1 is 1.03 bits per heavy atom. The van der Waals surface area contributed by atoms with E-state index in [1.54, 1.807) is 32.6 Å². The summed E-state index contributed by atoms with van der Waals surface area (Å²) >= 11 is 0. The molecule has 3 amide bonds. The number of alkyl carbamates (subject to hydrolysis) is 1. The molecule has 2 unspecified atom stereocenters. The Labute approximate surface area is 206 Å². The van der Waals surface area contributed by atoms with Gasteiger partial charge >= 0.3 is 6.09 Å². The van der Waals surface area contributed by atoms with Gasteiger partial charge in [0.25, 0.3) is 0 Å². The molecule has 0 fully saturated rings. The van der Waals surface area contributed by atoms with Crippen molar-refractivity contribution in [3.8, 4) is 0 Å². The minimum Gasteiger partial charge on any atom is -0.444 e. The van der Waals surface area contributed by atoms with Crippen molar-refractivity contribution < 1.29 is 19.1 Å². The maximum atomic E-state index is 13.7. The lowest BCUT2D eigenvalue weighted by atomic mass is 9.94. The molecule has 34 heavy (non-hydrogen) atoms. The molecule has 7 nitrogen and oxygen atoms in total. The second kappa shape index (κ2) is 12.2. The van der Waals surface area contributed by atoms with E-state index in [1.807, 2.05) is 52.8 Å². The zero-order chi connectivity index (χ0) is 26.3. The Hall–Kier alpha value is -2.57. The van der Waals surface area contributed by atoms with Crippen molar-refractivity contribution in [2.75, 3.05) is 6.54 Å². The Kier molecular flexibility index (Phi) is 10.6. The molecule has 2 atom stereocenters. The maximum Gasteiger partial charge on any atom is 0.408 e. The molecule has 7 heteroatoms. The highest BCUT2D eigenvalue weighted by Crippen LogP contribution is 2.28. The van der Waals surface area contributed by atoms with E-state index in [4.69, 9.17) is 4.74 Å². The van der Waals surface area contributed by atoms with Gasteiger partial charge < -0.3 is 20.3 Å². The van der Waals surface area contributed by atoms with Gasteiger partial charge in [-0.3, -0.25) is 9.59 Å². The number of aryl methyl sites for hydroxylation is 1. The van der Waals surface area contributed by atoms with Gasteiger partial charge in [0, 0.05) is 12.1 Å². The van der Waals surface area contributed by atoms with Gasteiger partial charge in [-0.05, 0) is 85.4 Å². The molecular weight excluding hydrogens is 430 g/mol. The molecule has 0 aromatic heterocycles. The lowest BCUT2D eigenvalue weighted by molar-refractivity contribution is -0.142. The molecule has 0 aliphatic rings. The molecule has 1 aromatic rings. The van der Waals surface area contributed by atoms with Crippen LogP contribution >= 0.6 is 0 Å². The lowest BCUT2D eigenvalue weighted by Gasteiger charge is -2.36. The fourth-order valence-electron chi connectivity index (χ4n) is 3.65. The lowest BCUT2D eigenvalue weighted by Crippen LogP contribution is -2.54. The minimum atomic E-state index is -0.855. The highest BCUT2D eigenvalue weighted by Gasteiger charge is 2.36. The number of carbonyl (C=O) groups is 3. The quantitative estimate of drug-likeness (QED) is 0.481. The number of hydrogen-bond acceptors (Lipinski definition) is 4. The van der Waals surface area contributed by atoms with Gasteiger partial charge in [0.1, 0.15) is 17.7 Å². The van der Waals surface area contributed by atoms with Crippen LogP contribution in [0.5, 0.6) is 0 Å². The maximum absolute atomic E-state index is 13.7. The molecule has 1 rings (SSSR count). The van der Waals surface area contributed by atoms with Crippen molar-refractivity contribution in [1.82, 2.24) is 15.5 Å². The van der Waals surface area contributed by atoms with Crippen molar-refractivity contribution in [3.63, 3.8) is 0 Å². The first kappa shape index (κ1) is 29.5. The normalized spacial score (nSPS) is 13.6. The van der Waals surface area contributed by atoms with Crippen molar-refractivity contribution in [3.05, 3.63) is 34.9 Å². The van der Waals surface area contributed by atoms with Crippen molar-refractivity contribution in [2.45, 2.75) is 112 Å². The monoisotopic (exact) mass is 475 g/mol. The highest BCUT2D eigenvalue weighted by molar-refractivity contribution is 5.92. The predicted molar refractivity (Wildman–Crippen MR) is 137 cm³/mol. The molecule has 0 bridgehead atoms. The van der Waals surface area contributed by atoms with E-state index >= 15 is 0 Å². The molecular formula is C27H45N3O4. The molecule has 0 saturated heterocycles. The zero-order valence-electron chi connectivity index (χ0n) is 22.8. The van der Waals surface area contributed by atoms with Gasteiger partial charge in [-0.15, -0.1) is 0 Å². The smallest absolute Gasteiger partial charge is 0.408 e. The summed E-state index contributed by atoms with van der Waals surface area (Å²) in [7, 11) is 0. The van der Waals surface area contributed by atoms with Gasteiger partial charge in [0.2, 0.25) is 11.8 Å². The van der Waals surface area contributed by atoms with Crippen LogP contribution in [0.4, 0.5) is 4.79 Å². The summed E-state index contributed by atoms with van der Waals surface area (Å²) in [5, 5.41) is 5.70. The zero-order valence-corrected chi connectivity index (χ0v) is 22.8. The number of benzene rings is 1. The van der Waals surface area contributed by atoms with E-state index in [1.165, 1.54) is 0 Å². The van der Waals surface area contributed by atoms with Gasteiger partial charge in [-0.1, -0.05) is 38.0 Å². The van der Waals surface area contributed by atoms with Crippen LogP contribution in [-0.4, -0.2) is 46.5 Å². The van der Waals surface area contributed by atoms with Gasteiger partial charge in [-0.2, -0.15) is 0 Å². The van der Waals surface area contributed by atoms with Crippen LogP contribution in [0.3, 0.4) is 0 Å². The molecule has 0 aliphatic carbocycles. The number of hydrogen-bond donors (Lipinski definition) is 2. The van der Waals surface area contributed by atoms with Crippen molar-refractivity contribution in [2.24, 2.45) is 0 Å². The standard InChI is InChI=1S/C27H45N3O4/c1-11-12-13-17-30(24(32)20(4)28-25(33)34-27(8,9)10)22(23(31)29-26(5,6)7)21-16-14-15-18(2)19(21)3/h14-16,20,22H,11-13,17H2,1-10H3,(H,28,33)(H,29,31). The van der Waals surface area contributed by atoms with Crippen LogP contribution in [0.15, 0.2) is 18.2 Å². The van der Waals surface area contributed by atoms with Crippen LogP contribution in [0, 0.1) is 13.8 Å². The molecule has 2 N–H and O–H groups in total. The largest absolute Gasteiger partial charge is 0.444 e. The predicted octanol–water partition coefficient (Wildman–Crippen LogP) is 5.19. The second-order valence-corrected chi connectivity index (χ2v) is 11.0. The van der Waals surface area contributed by atoms with Gasteiger partial charge in [0.15, 0.2) is 0 Å². The molecule has 0 spiro atoms. The number of rotatable bonds is 9. The van der Waals surface area contributed by atoms with E-state index in [2.05, 4.69) is 17.6 Å². The number of nitrogens with one attached hydrogen (secondary N) is 2. The van der Waals surface area contributed by atoms with Crippen molar-refractivity contribution >= 4 is 17.9 Å². The summed E-state index contributed by atoms with van der Waals surface area (Å²) in [5.41, 5.74) is 1.66. The summed E-state index contributed by atoms with van der Waals surface area (Å²) in [6.45, 7) is 19.1. The Morgan fingerprint density at radius 3 is 2.18 bits per heavy atom. The van der Waals surface area contributed by atoms with Crippen LogP contribution in [0.2, 0.25) is 0 Å². The van der Waals surface area contributed by atoms with Crippen LogP contribution in [0.1, 0.15) is 97.4 Å². The third kappa shape index (κ3) is 9.35.